The summed E-state index contributed by atoms with van der Waals surface area (Å²) < 4.78 is 5.61. The van der Waals surface area contributed by atoms with E-state index in [1.807, 2.05) is 18.3 Å². The van der Waals surface area contributed by atoms with Crippen LogP contribution < -0.4 is 4.74 Å². The Hall–Kier alpha value is -2.37. The number of hydrogen-bond donors (Lipinski definition) is 0. The van der Waals surface area contributed by atoms with Crippen LogP contribution in [0.3, 0.4) is 0 Å². The second kappa shape index (κ2) is 8.64. The zero-order chi connectivity index (χ0) is 21.4. The molecule has 0 saturated carbocycles. The fourth-order valence-corrected chi connectivity index (χ4v) is 6.78. The van der Waals surface area contributed by atoms with Crippen molar-refractivity contribution in [2.24, 2.45) is 0 Å². The number of rotatable bonds is 5. The van der Waals surface area contributed by atoms with E-state index in [0.717, 1.165) is 34.9 Å². The summed E-state index contributed by atoms with van der Waals surface area (Å²) in [4.78, 5) is 13.2. The van der Waals surface area contributed by atoms with E-state index < -0.39 is 0 Å². The molecule has 4 aromatic rings. The number of fused-ring (bicyclic) bond motifs is 3. The van der Waals surface area contributed by atoms with Crippen LogP contribution in [0.4, 0.5) is 0 Å². The van der Waals surface area contributed by atoms with Gasteiger partial charge in [-0.3, -0.25) is 0 Å². The minimum Gasteiger partial charge on any atom is -0.494 e. The van der Waals surface area contributed by atoms with Crippen molar-refractivity contribution >= 4 is 33.3 Å². The number of aromatic nitrogens is 2. The van der Waals surface area contributed by atoms with Gasteiger partial charge in [0.15, 0.2) is 0 Å². The minimum atomic E-state index is 0.555. The highest BCUT2D eigenvalue weighted by molar-refractivity contribution is 7.99. The molecule has 1 atom stereocenters. The molecule has 1 aliphatic carbocycles. The van der Waals surface area contributed by atoms with E-state index >= 15 is 0 Å². The Morgan fingerprint density at radius 3 is 2.71 bits per heavy atom. The van der Waals surface area contributed by atoms with E-state index in [1.165, 1.54) is 37.4 Å². The summed E-state index contributed by atoms with van der Waals surface area (Å²) in [5, 5.41) is 2.37. The van der Waals surface area contributed by atoms with Crippen LogP contribution in [-0.4, -0.2) is 16.6 Å². The van der Waals surface area contributed by atoms with E-state index in [9.17, 15) is 0 Å². The lowest BCUT2D eigenvalue weighted by Crippen LogP contribution is -2.11. The van der Waals surface area contributed by atoms with Gasteiger partial charge in [0.1, 0.15) is 21.9 Å². The van der Waals surface area contributed by atoms with Crippen LogP contribution in [0.15, 0.2) is 58.7 Å². The summed E-state index contributed by atoms with van der Waals surface area (Å²) in [5.41, 5.74) is 5.47. The molecule has 3 nitrogen and oxygen atoms in total. The molecule has 0 spiro atoms. The molecule has 158 valence electrons. The van der Waals surface area contributed by atoms with Gasteiger partial charge < -0.3 is 4.74 Å². The molecule has 5 heteroatoms. The Labute approximate surface area is 191 Å². The molecular weight excluding hydrogens is 420 g/mol. The fraction of sp³-hybridized carbons (Fsp3) is 0.308. The molecule has 2 heterocycles. The highest BCUT2D eigenvalue weighted by Crippen LogP contribution is 2.44. The molecule has 1 unspecified atom stereocenters. The molecule has 31 heavy (non-hydrogen) atoms. The van der Waals surface area contributed by atoms with Gasteiger partial charge in [-0.15, -0.1) is 11.3 Å². The first-order chi connectivity index (χ1) is 15.1. The first-order valence-electron chi connectivity index (χ1n) is 10.9. The van der Waals surface area contributed by atoms with E-state index in [-0.39, 0.29) is 0 Å². The third-order valence-electron chi connectivity index (χ3n) is 6.01. The Kier molecular flexibility index (Phi) is 5.72. The maximum atomic E-state index is 5.61. The maximum absolute atomic E-state index is 5.61. The van der Waals surface area contributed by atoms with E-state index in [4.69, 9.17) is 9.72 Å². The van der Waals surface area contributed by atoms with Gasteiger partial charge in [0.2, 0.25) is 0 Å². The molecule has 0 amide bonds. The van der Waals surface area contributed by atoms with Crippen molar-refractivity contribution in [2.45, 2.75) is 55.9 Å². The Balaban J connectivity index is 1.45. The lowest BCUT2D eigenvalue weighted by molar-refractivity contribution is 0.340. The number of thiophene rings is 1. The Bertz CT molecular complexity index is 1230. The van der Waals surface area contributed by atoms with Gasteiger partial charge >= 0.3 is 0 Å². The van der Waals surface area contributed by atoms with E-state index in [1.54, 1.807) is 18.1 Å². The molecule has 0 bridgehead atoms. The third-order valence-corrected chi connectivity index (χ3v) is 8.35. The van der Waals surface area contributed by atoms with Crippen LogP contribution in [0.5, 0.6) is 5.75 Å². The standard InChI is InChI=1S/C26H26N2OS2/c1-4-29-20-9-6-18(7-10-20)19-8-11-21-23(14-19)31-26-24(21)25(27-15-28-26)30-22-12-5-16(2)13-17(22)3/h5-7,9-10,12-13,15,19H,4,8,11,14H2,1-3H3. The normalized spacial score (nSPS) is 15.8. The Morgan fingerprint density at radius 1 is 1.10 bits per heavy atom. The summed E-state index contributed by atoms with van der Waals surface area (Å²) in [6.45, 7) is 7.05. The zero-order valence-electron chi connectivity index (χ0n) is 18.1. The average molecular weight is 447 g/mol. The van der Waals surface area contributed by atoms with Crippen molar-refractivity contribution in [2.75, 3.05) is 6.61 Å². The topological polar surface area (TPSA) is 35.0 Å². The lowest BCUT2D eigenvalue weighted by Gasteiger charge is -2.23. The Morgan fingerprint density at radius 2 is 1.94 bits per heavy atom. The largest absolute Gasteiger partial charge is 0.494 e. The second-order valence-electron chi connectivity index (χ2n) is 8.18. The molecule has 0 saturated heterocycles. The van der Waals surface area contributed by atoms with E-state index in [2.05, 4.69) is 61.3 Å². The molecular formula is C26H26N2OS2. The van der Waals surface area contributed by atoms with Crippen molar-refractivity contribution in [3.63, 3.8) is 0 Å². The molecule has 1 aliphatic rings. The predicted octanol–water partition coefficient (Wildman–Crippen LogP) is 7.13. The summed E-state index contributed by atoms with van der Waals surface area (Å²) >= 11 is 3.63. The number of benzene rings is 2. The van der Waals surface area contributed by atoms with Gasteiger partial charge in [0, 0.05) is 15.2 Å². The maximum Gasteiger partial charge on any atom is 0.128 e. The van der Waals surface area contributed by atoms with Crippen molar-refractivity contribution in [1.82, 2.24) is 9.97 Å². The van der Waals surface area contributed by atoms with Gasteiger partial charge in [-0.2, -0.15) is 0 Å². The molecule has 0 aliphatic heterocycles. The number of hydrogen-bond acceptors (Lipinski definition) is 5. The van der Waals surface area contributed by atoms with Gasteiger partial charge in [0.25, 0.3) is 0 Å². The predicted molar refractivity (Wildman–Crippen MR) is 130 cm³/mol. The molecule has 0 radical (unpaired) electrons. The highest BCUT2D eigenvalue weighted by Gasteiger charge is 2.26. The quantitative estimate of drug-likeness (QED) is 0.305. The summed E-state index contributed by atoms with van der Waals surface area (Å²) in [6, 6.07) is 15.3. The van der Waals surface area contributed by atoms with Gasteiger partial charge in [-0.1, -0.05) is 41.6 Å². The van der Waals surface area contributed by atoms with Crippen molar-refractivity contribution in [1.29, 1.82) is 0 Å². The molecule has 0 N–H and O–H groups in total. The highest BCUT2D eigenvalue weighted by atomic mass is 32.2. The van der Waals surface area contributed by atoms with Crippen LogP contribution in [0.2, 0.25) is 0 Å². The van der Waals surface area contributed by atoms with Crippen molar-refractivity contribution in [3.8, 4) is 5.75 Å². The molecule has 5 rings (SSSR count). The van der Waals surface area contributed by atoms with E-state index in [0.29, 0.717) is 12.5 Å². The van der Waals surface area contributed by atoms with Crippen molar-refractivity contribution < 1.29 is 4.74 Å². The van der Waals surface area contributed by atoms with Gasteiger partial charge in [0.05, 0.1) is 6.61 Å². The average Bonchev–Trinajstić information content (AvgIpc) is 3.15. The second-order valence-corrected chi connectivity index (χ2v) is 10.3. The molecule has 0 fully saturated rings. The van der Waals surface area contributed by atoms with Crippen LogP contribution in [0.25, 0.3) is 10.2 Å². The zero-order valence-corrected chi connectivity index (χ0v) is 19.8. The van der Waals surface area contributed by atoms with Gasteiger partial charge in [-0.25, -0.2) is 9.97 Å². The van der Waals surface area contributed by atoms with Crippen LogP contribution in [0.1, 0.15) is 46.4 Å². The minimum absolute atomic E-state index is 0.555. The summed E-state index contributed by atoms with van der Waals surface area (Å²) in [6.07, 6.45) is 5.05. The fourth-order valence-electron chi connectivity index (χ4n) is 4.46. The van der Waals surface area contributed by atoms with Crippen LogP contribution >= 0.6 is 23.1 Å². The smallest absolute Gasteiger partial charge is 0.128 e. The monoisotopic (exact) mass is 446 g/mol. The summed E-state index contributed by atoms with van der Waals surface area (Å²) in [7, 11) is 0. The first kappa shape index (κ1) is 20.5. The number of aryl methyl sites for hydroxylation is 3. The molecule has 2 aromatic carbocycles. The SMILES string of the molecule is CCOc1ccc(C2CCc3c(sc4ncnc(Sc5ccc(C)cc5C)c34)C2)cc1. The van der Waals surface area contributed by atoms with Crippen molar-refractivity contribution in [3.05, 3.63) is 75.9 Å². The third kappa shape index (κ3) is 4.09. The molecule has 2 aromatic heterocycles. The lowest BCUT2D eigenvalue weighted by atomic mass is 9.83. The van der Waals surface area contributed by atoms with Crippen LogP contribution in [0, 0.1) is 13.8 Å². The number of nitrogens with zero attached hydrogens (tertiary/aromatic N) is 2. The number of ether oxygens (including phenoxy) is 1. The first-order valence-corrected chi connectivity index (χ1v) is 12.5. The van der Waals surface area contributed by atoms with Crippen LogP contribution in [-0.2, 0) is 12.8 Å². The summed E-state index contributed by atoms with van der Waals surface area (Å²) in [5.74, 6) is 1.51. The van der Waals surface area contributed by atoms with Gasteiger partial charge in [-0.05, 0) is 80.8 Å².